The van der Waals surface area contributed by atoms with Crippen LogP contribution in [-0.4, -0.2) is 18.3 Å². The minimum Gasteiger partial charge on any atom is -0.497 e. The molecular weight excluding hydrogens is 292 g/mol. The number of methoxy groups -OCH3 is 1. The number of rotatable bonds is 7. The van der Waals surface area contributed by atoms with Crippen molar-refractivity contribution < 1.29 is 9.15 Å². The lowest BCUT2D eigenvalue weighted by molar-refractivity contribution is 0.415. The number of ether oxygens (including phenoxy) is 1. The zero-order chi connectivity index (χ0) is 16.7. The molecule has 120 valence electrons. The Morgan fingerprint density at radius 1 is 1.43 bits per heavy atom. The number of nitriles is 1. The highest BCUT2D eigenvalue weighted by Crippen LogP contribution is 2.27. The molecule has 1 heterocycles. The molecule has 1 N–H and O–H groups in total. The zero-order valence-electron chi connectivity index (χ0n) is 13.5. The van der Waals surface area contributed by atoms with Gasteiger partial charge in [0.1, 0.15) is 11.8 Å². The fourth-order valence-corrected chi connectivity index (χ4v) is 2.19. The van der Waals surface area contributed by atoms with Crippen LogP contribution in [-0.2, 0) is 0 Å². The van der Waals surface area contributed by atoms with E-state index in [2.05, 4.69) is 29.4 Å². The molecule has 0 fully saturated rings. The molecule has 0 saturated heterocycles. The van der Waals surface area contributed by atoms with E-state index in [1.165, 1.54) is 0 Å². The van der Waals surface area contributed by atoms with E-state index in [4.69, 9.17) is 14.4 Å². The van der Waals surface area contributed by atoms with E-state index < -0.39 is 0 Å². The van der Waals surface area contributed by atoms with Crippen LogP contribution in [0.2, 0.25) is 0 Å². The van der Waals surface area contributed by atoms with E-state index in [-0.39, 0.29) is 17.5 Å². The van der Waals surface area contributed by atoms with Crippen LogP contribution in [0.3, 0.4) is 0 Å². The first-order chi connectivity index (χ1) is 11.2. The van der Waals surface area contributed by atoms with Gasteiger partial charge in [0.2, 0.25) is 11.6 Å². The summed E-state index contributed by atoms with van der Waals surface area (Å²) in [6.07, 6.45) is 3.45. The predicted octanol–water partition coefficient (Wildman–Crippen LogP) is 3.90. The third kappa shape index (κ3) is 4.10. The molecule has 23 heavy (non-hydrogen) atoms. The monoisotopic (exact) mass is 312 g/mol. The van der Waals surface area contributed by atoms with Crippen LogP contribution in [0.1, 0.15) is 49.8 Å². The van der Waals surface area contributed by atoms with Gasteiger partial charge >= 0.3 is 0 Å². The van der Waals surface area contributed by atoms with Crippen LogP contribution in [0.25, 0.3) is 0 Å². The van der Waals surface area contributed by atoms with Crippen LogP contribution in [0.4, 0.5) is 5.88 Å². The van der Waals surface area contributed by atoms with E-state index in [1.54, 1.807) is 13.3 Å². The van der Waals surface area contributed by atoms with Gasteiger partial charge < -0.3 is 9.15 Å². The second-order valence-corrected chi connectivity index (χ2v) is 5.00. The van der Waals surface area contributed by atoms with Crippen LogP contribution in [0, 0.1) is 11.3 Å². The molecule has 0 radical (unpaired) electrons. The highest BCUT2D eigenvalue weighted by Gasteiger charge is 2.18. The Labute approximate surface area is 135 Å². The Hall–Kier alpha value is -2.81. The first-order valence-electron chi connectivity index (χ1n) is 7.55. The van der Waals surface area contributed by atoms with Gasteiger partial charge in [-0.15, -0.1) is 0 Å². The molecule has 2 rings (SSSR count). The Bertz CT molecular complexity index is 712. The summed E-state index contributed by atoms with van der Waals surface area (Å²) in [5.74, 6) is 1.81. The maximum Gasteiger partial charge on any atom is 0.252 e. The molecular formula is C17H20N4O2. The van der Waals surface area contributed by atoms with Crippen molar-refractivity contribution in [3.8, 4) is 11.8 Å². The summed E-state index contributed by atoms with van der Waals surface area (Å²) in [5.41, 5.74) is 3.84. The second-order valence-electron chi connectivity index (χ2n) is 5.00. The van der Waals surface area contributed by atoms with E-state index in [9.17, 15) is 0 Å². The average molecular weight is 312 g/mol. The SMILES string of the molecule is CCC(CC)c1nc(C#N)c(N/N=C/c2cccc(OC)c2)o1. The van der Waals surface area contributed by atoms with Crippen LogP contribution in [0.15, 0.2) is 33.8 Å². The Kier molecular flexibility index (Phi) is 5.75. The van der Waals surface area contributed by atoms with E-state index in [0.29, 0.717) is 5.89 Å². The normalized spacial score (nSPS) is 10.9. The van der Waals surface area contributed by atoms with Crippen molar-refractivity contribution in [1.82, 2.24) is 4.98 Å². The third-order valence-electron chi connectivity index (χ3n) is 3.56. The first kappa shape index (κ1) is 16.6. The van der Waals surface area contributed by atoms with Crippen molar-refractivity contribution >= 4 is 12.1 Å². The van der Waals surface area contributed by atoms with Gasteiger partial charge in [-0.1, -0.05) is 26.0 Å². The van der Waals surface area contributed by atoms with Gasteiger partial charge in [0.05, 0.1) is 13.3 Å². The number of hydrazone groups is 1. The molecule has 1 aromatic heterocycles. The number of aromatic nitrogens is 1. The van der Waals surface area contributed by atoms with Crippen molar-refractivity contribution in [3.05, 3.63) is 41.4 Å². The minimum atomic E-state index is 0.208. The maximum atomic E-state index is 9.16. The van der Waals surface area contributed by atoms with E-state index in [0.717, 1.165) is 24.2 Å². The molecule has 0 atom stereocenters. The lowest BCUT2D eigenvalue weighted by atomic mass is 10.0. The molecule has 6 heteroatoms. The molecule has 0 amide bonds. The molecule has 1 aromatic carbocycles. The quantitative estimate of drug-likeness (QED) is 0.619. The number of oxazole rings is 1. The van der Waals surface area contributed by atoms with Gasteiger partial charge in [-0.3, -0.25) is 0 Å². The van der Waals surface area contributed by atoms with Gasteiger partial charge in [-0.2, -0.15) is 10.4 Å². The summed E-state index contributed by atoms with van der Waals surface area (Å²) in [7, 11) is 1.61. The van der Waals surface area contributed by atoms with Crippen LogP contribution < -0.4 is 10.2 Å². The summed E-state index contributed by atoms with van der Waals surface area (Å²) >= 11 is 0. The summed E-state index contributed by atoms with van der Waals surface area (Å²) in [5, 5.41) is 13.3. The fraction of sp³-hybridized carbons (Fsp3) is 0.353. The van der Waals surface area contributed by atoms with Crippen molar-refractivity contribution in [2.75, 3.05) is 12.5 Å². The number of hydrogen-bond acceptors (Lipinski definition) is 6. The highest BCUT2D eigenvalue weighted by molar-refractivity contribution is 5.80. The number of anilines is 1. The molecule has 0 aliphatic rings. The zero-order valence-corrected chi connectivity index (χ0v) is 13.5. The third-order valence-corrected chi connectivity index (χ3v) is 3.56. The molecule has 6 nitrogen and oxygen atoms in total. The highest BCUT2D eigenvalue weighted by atomic mass is 16.5. The van der Waals surface area contributed by atoms with E-state index >= 15 is 0 Å². The minimum absolute atomic E-state index is 0.208. The van der Waals surface area contributed by atoms with Gasteiger partial charge in [0, 0.05) is 5.92 Å². The lowest BCUT2D eigenvalue weighted by Crippen LogP contribution is -1.95. The van der Waals surface area contributed by atoms with Gasteiger partial charge in [0.15, 0.2) is 0 Å². The molecule has 0 aliphatic heterocycles. The number of benzene rings is 1. The van der Waals surface area contributed by atoms with Crippen molar-refractivity contribution in [2.24, 2.45) is 5.10 Å². The molecule has 0 bridgehead atoms. The van der Waals surface area contributed by atoms with Gasteiger partial charge in [-0.25, -0.2) is 10.4 Å². The van der Waals surface area contributed by atoms with Gasteiger partial charge in [0.25, 0.3) is 5.88 Å². The largest absolute Gasteiger partial charge is 0.497 e. The molecule has 0 spiro atoms. The molecule has 0 unspecified atom stereocenters. The summed E-state index contributed by atoms with van der Waals surface area (Å²) in [4.78, 5) is 4.24. The molecule has 0 saturated carbocycles. The van der Waals surface area contributed by atoms with Gasteiger partial charge in [-0.05, 0) is 30.5 Å². The smallest absolute Gasteiger partial charge is 0.252 e. The van der Waals surface area contributed by atoms with Crippen LogP contribution >= 0.6 is 0 Å². The fourth-order valence-electron chi connectivity index (χ4n) is 2.19. The summed E-state index contributed by atoms with van der Waals surface area (Å²) in [6.45, 7) is 4.14. The summed E-state index contributed by atoms with van der Waals surface area (Å²) in [6, 6.07) is 9.51. The predicted molar refractivity (Wildman–Crippen MR) is 88.8 cm³/mol. The standard InChI is InChI=1S/C17H20N4O2/c1-4-13(5-2)16-20-15(10-18)17(23-16)21-19-11-12-7-6-8-14(9-12)22-3/h6-9,11,13,21H,4-5H2,1-3H3/b19-11+. The Morgan fingerprint density at radius 2 is 2.22 bits per heavy atom. The first-order valence-corrected chi connectivity index (χ1v) is 7.55. The molecule has 0 aliphatic carbocycles. The average Bonchev–Trinajstić information content (AvgIpc) is 2.99. The van der Waals surface area contributed by atoms with Crippen LogP contribution in [0.5, 0.6) is 5.75 Å². The second kappa shape index (κ2) is 7.99. The van der Waals surface area contributed by atoms with Crippen molar-refractivity contribution in [1.29, 1.82) is 5.26 Å². The van der Waals surface area contributed by atoms with Crippen molar-refractivity contribution in [3.63, 3.8) is 0 Å². The number of nitrogens with zero attached hydrogens (tertiary/aromatic N) is 3. The molecule has 2 aromatic rings. The topological polar surface area (TPSA) is 83.4 Å². The number of hydrogen-bond donors (Lipinski definition) is 1. The lowest BCUT2D eigenvalue weighted by Gasteiger charge is -2.05. The summed E-state index contributed by atoms with van der Waals surface area (Å²) < 4.78 is 10.8. The Morgan fingerprint density at radius 3 is 2.87 bits per heavy atom. The number of nitrogens with one attached hydrogen (secondary N) is 1. The Balaban J connectivity index is 2.13. The van der Waals surface area contributed by atoms with Crippen molar-refractivity contribution in [2.45, 2.75) is 32.6 Å². The van der Waals surface area contributed by atoms with E-state index in [1.807, 2.05) is 30.3 Å². The maximum absolute atomic E-state index is 9.16.